The molecule has 3 nitrogen and oxygen atoms in total. The third-order valence-electron chi connectivity index (χ3n) is 3.65. The van der Waals surface area contributed by atoms with E-state index in [1.807, 2.05) is 12.1 Å². The predicted octanol–water partition coefficient (Wildman–Crippen LogP) is 2.05. The number of hydrogen-bond acceptors (Lipinski definition) is 3. The van der Waals surface area contributed by atoms with Crippen LogP contribution < -0.4 is 10.5 Å². The molecule has 1 heterocycles. The molecule has 1 saturated heterocycles. The van der Waals surface area contributed by atoms with Crippen LogP contribution in [0.3, 0.4) is 0 Å². The van der Waals surface area contributed by atoms with Gasteiger partial charge in [-0.2, -0.15) is 0 Å². The van der Waals surface area contributed by atoms with E-state index in [4.69, 9.17) is 10.5 Å². The highest BCUT2D eigenvalue weighted by Crippen LogP contribution is 2.19. The van der Waals surface area contributed by atoms with Gasteiger partial charge in [-0.1, -0.05) is 18.2 Å². The van der Waals surface area contributed by atoms with Gasteiger partial charge in [-0.15, -0.1) is 0 Å². The lowest BCUT2D eigenvalue weighted by atomic mass is 10.0. The highest BCUT2D eigenvalue weighted by molar-refractivity contribution is 5.33. The second kappa shape index (κ2) is 6.76. The number of piperidine rings is 1. The summed E-state index contributed by atoms with van der Waals surface area (Å²) in [4.78, 5) is 2.49. The zero-order chi connectivity index (χ0) is 12.8. The minimum Gasteiger partial charge on any atom is -0.496 e. The number of rotatable bonds is 5. The van der Waals surface area contributed by atoms with Gasteiger partial charge < -0.3 is 15.4 Å². The number of hydrogen-bond donors (Lipinski definition) is 1. The van der Waals surface area contributed by atoms with E-state index in [-0.39, 0.29) is 0 Å². The van der Waals surface area contributed by atoms with E-state index in [1.165, 1.54) is 31.4 Å². The summed E-state index contributed by atoms with van der Waals surface area (Å²) in [7, 11) is 1.74. The third-order valence-corrected chi connectivity index (χ3v) is 3.65. The molecule has 2 rings (SSSR count). The first kappa shape index (κ1) is 13.4. The standard InChI is InChI=1S/C15H24N2O/c1-18-15-9-3-2-6-13(15)7-4-10-17-11-5-8-14(16)12-17/h2-3,6,9,14H,4-5,7-8,10-12,16H2,1H3. The highest BCUT2D eigenvalue weighted by atomic mass is 16.5. The molecule has 1 aromatic carbocycles. The smallest absolute Gasteiger partial charge is 0.122 e. The van der Waals surface area contributed by atoms with Gasteiger partial charge in [0.05, 0.1) is 7.11 Å². The molecule has 1 atom stereocenters. The maximum absolute atomic E-state index is 5.99. The molecule has 1 unspecified atom stereocenters. The van der Waals surface area contributed by atoms with Gasteiger partial charge in [0, 0.05) is 12.6 Å². The number of para-hydroxylation sites is 1. The summed E-state index contributed by atoms with van der Waals surface area (Å²) < 4.78 is 5.37. The number of methoxy groups -OCH3 is 1. The van der Waals surface area contributed by atoms with Crippen LogP contribution in [0.4, 0.5) is 0 Å². The number of aryl methyl sites for hydroxylation is 1. The topological polar surface area (TPSA) is 38.5 Å². The lowest BCUT2D eigenvalue weighted by Crippen LogP contribution is -2.43. The van der Waals surface area contributed by atoms with Gasteiger partial charge in [-0.05, 0) is 50.4 Å². The molecule has 0 aliphatic carbocycles. The van der Waals surface area contributed by atoms with Crippen LogP contribution in [-0.4, -0.2) is 37.7 Å². The monoisotopic (exact) mass is 248 g/mol. The minimum absolute atomic E-state index is 0.380. The predicted molar refractivity (Wildman–Crippen MR) is 75.0 cm³/mol. The minimum atomic E-state index is 0.380. The number of nitrogens with zero attached hydrogens (tertiary/aromatic N) is 1. The lowest BCUT2D eigenvalue weighted by Gasteiger charge is -2.30. The molecule has 18 heavy (non-hydrogen) atoms. The fourth-order valence-corrected chi connectivity index (χ4v) is 2.70. The molecular formula is C15H24N2O. The summed E-state index contributed by atoms with van der Waals surface area (Å²) in [6.45, 7) is 3.41. The van der Waals surface area contributed by atoms with Gasteiger partial charge in [-0.3, -0.25) is 0 Å². The van der Waals surface area contributed by atoms with Crippen molar-refractivity contribution in [2.24, 2.45) is 5.73 Å². The van der Waals surface area contributed by atoms with Crippen molar-refractivity contribution in [3.8, 4) is 5.75 Å². The number of nitrogens with two attached hydrogens (primary N) is 1. The molecule has 0 saturated carbocycles. The van der Waals surface area contributed by atoms with Crippen molar-refractivity contribution in [1.82, 2.24) is 4.90 Å². The van der Waals surface area contributed by atoms with Crippen LogP contribution >= 0.6 is 0 Å². The van der Waals surface area contributed by atoms with Crippen LogP contribution in [0.2, 0.25) is 0 Å². The molecule has 0 spiro atoms. The van der Waals surface area contributed by atoms with Crippen molar-refractivity contribution >= 4 is 0 Å². The molecule has 1 aliphatic heterocycles. The van der Waals surface area contributed by atoms with Gasteiger partial charge in [-0.25, -0.2) is 0 Å². The number of likely N-dealkylation sites (tertiary alicyclic amines) is 1. The van der Waals surface area contributed by atoms with Crippen molar-refractivity contribution < 1.29 is 4.74 Å². The van der Waals surface area contributed by atoms with E-state index in [0.717, 1.165) is 25.3 Å². The molecule has 0 aromatic heterocycles. The van der Waals surface area contributed by atoms with E-state index in [0.29, 0.717) is 6.04 Å². The Kier molecular flexibility index (Phi) is 5.02. The maximum atomic E-state index is 5.99. The molecule has 3 heteroatoms. The van der Waals surface area contributed by atoms with Crippen LogP contribution in [-0.2, 0) is 6.42 Å². The first-order valence-corrected chi connectivity index (χ1v) is 6.89. The number of benzene rings is 1. The molecule has 1 aliphatic rings. The van der Waals surface area contributed by atoms with Crippen LogP contribution in [0, 0.1) is 0 Å². The zero-order valence-electron chi connectivity index (χ0n) is 11.3. The molecule has 2 N–H and O–H groups in total. The molecule has 100 valence electrons. The average molecular weight is 248 g/mol. The van der Waals surface area contributed by atoms with Crippen LogP contribution in [0.5, 0.6) is 5.75 Å². The van der Waals surface area contributed by atoms with Crippen molar-refractivity contribution in [1.29, 1.82) is 0 Å². The van der Waals surface area contributed by atoms with Gasteiger partial charge in [0.25, 0.3) is 0 Å². The van der Waals surface area contributed by atoms with Gasteiger partial charge in [0.1, 0.15) is 5.75 Å². The summed E-state index contributed by atoms with van der Waals surface area (Å²) in [5.41, 5.74) is 7.30. The van der Waals surface area contributed by atoms with Crippen LogP contribution in [0.15, 0.2) is 24.3 Å². The molecule has 0 bridgehead atoms. The Hall–Kier alpha value is -1.06. The van der Waals surface area contributed by atoms with Crippen molar-refractivity contribution in [2.75, 3.05) is 26.7 Å². The normalized spacial score (nSPS) is 20.9. The Balaban J connectivity index is 1.77. The summed E-state index contributed by atoms with van der Waals surface area (Å²) in [5, 5.41) is 0. The van der Waals surface area contributed by atoms with Gasteiger partial charge in [0.2, 0.25) is 0 Å². The molecule has 0 radical (unpaired) electrons. The summed E-state index contributed by atoms with van der Waals surface area (Å²) in [6.07, 6.45) is 4.68. The average Bonchev–Trinajstić information content (AvgIpc) is 2.39. The molecular weight excluding hydrogens is 224 g/mol. The molecule has 1 aromatic rings. The SMILES string of the molecule is COc1ccccc1CCCN1CCCC(N)C1. The molecule has 1 fully saturated rings. The molecule has 0 amide bonds. The lowest BCUT2D eigenvalue weighted by molar-refractivity contribution is 0.207. The second-order valence-corrected chi connectivity index (χ2v) is 5.12. The zero-order valence-corrected chi connectivity index (χ0v) is 11.3. The second-order valence-electron chi connectivity index (χ2n) is 5.12. The van der Waals surface area contributed by atoms with E-state index < -0.39 is 0 Å². The highest BCUT2D eigenvalue weighted by Gasteiger charge is 2.15. The van der Waals surface area contributed by atoms with Crippen molar-refractivity contribution in [2.45, 2.75) is 31.7 Å². The van der Waals surface area contributed by atoms with E-state index >= 15 is 0 Å². The van der Waals surface area contributed by atoms with Gasteiger partial charge in [0.15, 0.2) is 0 Å². The maximum Gasteiger partial charge on any atom is 0.122 e. The Bertz CT molecular complexity index is 367. The number of ether oxygens (including phenoxy) is 1. The summed E-state index contributed by atoms with van der Waals surface area (Å²) in [5.74, 6) is 1.01. The summed E-state index contributed by atoms with van der Waals surface area (Å²) in [6, 6.07) is 8.66. The summed E-state index contributed by atoms with van der Waals surface area (Å²) >= 11 is 0. The Morgan fingerprint density at radius 3 is 3.00 bits per heavy atom. The Morgan fingerprint density at radius 2 is 2.22 bits per heavy atom. The third kappa shape index (κ3) is 3.72. The Labute approximate surface area is 110 Å². The van der Waals surface area contributed by atoms with Crippen molar-refractivity contribution in [3.63, 3.8) is 0 Å². The first-order valence-electron chi connectivity index (χ1n) is 6.89. The fraction of sp³-hybridized carbons (Fsp3) is 0.600. The van der Waals surface area contributed by atoms with Crippen LogP contribution in [0.25, 0.3) is 0 Å². The fourth-order valence-electron chi connectivity index (χ4n) is 2.70. The first-order chi connectivity index (χ1) is 8.79. The van der Waals surface area contributed by atoms with Crippen molar-refractivity contribution in [3.05, 3.63) is 29.8 Å². The largest absolute Gasteiger partial charge is 0.496 e. The van der Waals surface area contributed by atoms with Gasteiger partial charge >= 0.3 is 0 Å². The Morgan fingerprint density at radius 1 is 1.39 bits per heavy atom. The van der Waals surface area contributed by atoms with E-state index in [1.54, 1.807) is 7.11 Å². The quantitative estimate of drug-likeness (QED) is 0.866. The van der Waals surface area contributed by atoms with Crippen LogP contribution in [0.1, 0.15) is 24.8 Å². The van der Waals surface area contributed by atoms with E-state index in [9.17, 15) is 0 Å². The van der Waals surface area contributed by atoms with E-state index in [2.05, 4.69) is 17.0 Å².